The largest absolute Gasteiger partial charge is 0.299 e. The molecule has 0 radical (unpaired) electrons. The van der Waals surface area contributed by atoms with Gasteiger partial charge < -0.3 is 0 Å². The van der Waals surface area contributed by atoms with Crippen LogP contribution in [0, 0.1) is 17.7 Å². The van der Waals surface area contributed by atoms with Crippen molar-refractivity contribution in [3.05, 3.63) is 35.6 Å². The topological polar surface area (TPSA) is 27.3 Å². The van der Waals surface area contributed by atoms with E-state index in [1.54, 1.807) is 12.1 Å². The molecule has 2 aliphatic rings. The first-order valence-electron chi connectivity index (χ1n) is 8.21. The highest BCUT2D eigenvalue weighted by Gasteiger charge is 2.34. The number of nitrogens with one attached hydrogen (secondary N) is 2. The quantitative estimate of drug-likeness (QED) is 0.893. The van der Waals surface area contributed by atoms with E-state index in [-0.39, 0.29) is 5.82 Å². The predicted molar refractivity (Wildman–Crippen MR) is 83.1 cm³/mol. The molecule has 0 aliphatic carbocycles. The molecule has 1 aromatic carbocycles. The fourth-order valence-electron chi connectivity index (χ4n) is 3.83. The van der Waals surface area contributed by atoms with Crippen molar-refractivity contribution in [2.75, 3.05) is 19.6 Å². The number of benzene rings is 1. The summed E-state index contributed by atoms with van der Waals surface area (Å²) in [5, 5.41) is 0. The molecule has 2 fully saturated rings. The van der Waals surface area contributed by atoms with Gasteiger partial charge in [0.1, 0.15) is 5.82 Å². The Bertz CT molecular complexity index is 448. The number of piperidine rings is 1. The van der Waals surface area contributed by atoms with Crippen molar-refractivity contribution in [1.82, 2.24) is 15.8 Å². The second kappa shape index (κ2) is 6.86. The van der Waals surface area contributed by atoms with Gasteiger partial charge in [0, 0.05) is 25.7 Å². The van der Waals surface area contributed by atoms with Crippen LogP contribution in [0.25, 0.3) is 0 Å². The molecule has 2 heterocycles. The smallest absolute Gasteiger partial charge is 0.123 e. The number of halogens is 1. The van der Waals surface area contributed by atoms with Crippen LogP contribution in [-0.2, 0) is 6.54 Å². The number of rotatable bonds is 4. The molecule has 0 amide bonds. The van der Waals surface area contributed by atoms with Crippen molar-refractivity contribution in [1.29, 1.82) is 0 Å². The van der Waals surface area contributed by atoms with Gasteiger partial charge in [0.05, 0.1) is 0 Å². The lowest BCUT2D eigenvalue weighted by atomic mass is 9.83. The first kappa shape index (κ1) is 14.9. The molecule has 3 atom stereocenters. The van der Waals surface area contributed by atoms with E-state index in [0.717, 1.165) is 38.0 Å². The van der Waals surface area contributed by atoms with E-state index in [9.17, 15) is 4.39 Å². The van der Waals surface area contributed by atoms with Gasteiger partial charge in [0.2, 0.25) is 0 Å². The van der Waals surface area contributed by atoms with Gasteiger partial charge in [-0.2, -0.15) is 0 Å². The van der Waals surface area contributed by atoms with Gasteiger partial charge in [0.25, 0.3) is 0 Å². The van der Waals surface area contributed by atoms with Gasteiger partial charge in [-0.1, -0.05) is 25.5 Å². The number of likely N-dealkylation sites (tertiary alicyclic amines) is 1. The summed E-state index contributed by atoms with van der Waals surface area (Å²) >= 11 is 0. The molecule has 1 aromatic rings. The van der Waals surface area contributed by atoms with E-state index in [1.165, 1.54) is 24.8 Å². The van der Waals surface area contributed by atoms with Crippen LogP contribution in [0.3, 0.4) is 0 Å². The third-order valence-electron chi connectivity index (χ3n) is 5.03. The molecule has 0 saturated carbocycles. The first-order chi connectivity index (χ1) is 10.3. The van der Waals surface area contributed by atoms with Crippen LogP contribution < -0.4 is 10.9 Å². The van der Waals surface area contributed by atoms with E-state index in [1.807, 2.05) is 12.1 Å². The van der Waals surface area contributed by atoms with Gasteiger partial charge in [-0.25, -0.2) is 4.39 Å². The number of hydrogen-bond acceptors (Lipinski definition) is 3. The SMILES string of the molecule is CCC1CNNC1C1CCCN(Cc2ccc(F)cc2)C1. The summed E-state index contributed by atoms with van der Waals surface area (Å²) in [6, 6.07) is 7.54. The standard InChI is InChI=1S/C17H26FN3/c1-2-14-10-19-20-17(14)15-4-3-9-21(12-15)11-13-5-7-16(18)8-6-13/h5-8,14-15,17,19-20H,2-4,9-12H2,1H3. The van der Waals surface area contributed by atoms with E-state index >= 15 is 0 Å². The van der Waals surface area contributed by atoms with Crippen LogP contribution in [-0.4, -0.2) is 30.6 Å². The van der Waals surface area contributed by atoms with Crippen molar-refractivity contribution in [3.63, 3.8) is 0 Å². The second-order valence-corrected chi connectivity index (χ2v) is 6.48. The molecular formula is C17H26FN3. The number of hydrazine groups is 1. The maximum absolute atomic E-state index is 13.0. The summed E-state index contributed by atoms with van der Waals surface area (Å²) in [5.74, 6) is 1.32. The van der Waals surface area contributed by atoms with Crippen molar-refractivity contribution >= 4 is 0 Å². The minimum absolute atomic E-state index is 0.151. The van der Waals surface area contributed by atoms with Crippen LogP contribution in [0.1, 0.15) is 31.7 Å². The minimum atomic E-state index is -0.151. The number of hydrogen-bond donors (Lipinski definition) is 2. The van der Waals surface area contributed by atoms with Crippen LogP contribution in [0.2, 0.25) is 0 Å². The van der Waals surface area contributed by atoms with Gasteiger partial charge >= 0.3 is 0 Å². The van der Waals surface area contributed by atoms with Crippen molar-refractivity contribution in [3.8, 4) is 0 Å². The summed E-state index contributed by atoms with van der Waals surface area (Å²) in [6.45, 7) is 6.62. The molecule has 0 bridgehead atoms. The molecule has 21 heavy (non-hydrogen) atoms. The maximum Gasteiger partial charge on any atom is 0.123 e. The summed E-state index contributed by atoms with van der Waals surface area (Å²) in [6.07, 6.45) is 3.81. The lowest BCUT2D eigenvalue weighted by Crippen LogP contribution is -2.46. The molecule has 3 rings (SSSR count). The Morgan fingerprint density at radius 3 is 2.86 bits per heavy atom. The third kappa shape index (κ3) is 3.62. The molecule has 2 N–H and O–H groups in total. The van der Waals surface area contributed by atoms with Crippen molar-refractivity contribution in [2.24, 2.45) is 11.8 Å². The molecule has 4 heteroatoms. The molecule has 3 nitrogen and oxygen atoms in total. The Morgan fingerprint density at radius 2 is 2.10 bits per heavy atom. The van der Waals surface area contributed by atoms with E-state index < -0.39 is 0 Å². The summed E-state index contributed by atoms with van der Waals surface area (Å²) in [5.41, 5.74) is 8.03. The summed E-state index contributed by atoms with van der Waals surface area (Å²) < 4.78 is 13.0. The zero-order valence-electron chi connectivity index (χ0n) is 12.8. The Balaban J connectivity index is 1.59. The molecule has 3 unspecified atom stereocenters. The van der Waals surface area contributed by atoms with Gasteiger partial charge in [-0.05, 0) is 48.9 Å². The summed E-state index contributed by atoms with van der Waals surface area (Å²) in [7, 11) is 0. The highest BCUT2D eigenvalue weighted by Crippen LogP contribution is 2.27. The molecule has 116 valence electrons. The Labute approximate surface area is 126 Å². The van der Waals surface area contributed by atoms with Crippen molar-refractivity contribution < 1.29 is 4.39 Å². The summed E-state index contributed by atoms with van der Waals surface area (Å²) in [4.78, 5) is 2.52. The molecular weight excluding hydrogens is 265 g/mol. The Morgan fingerprint density at radius 1 is 1.29 bits per heavy atom. The van der Waals surface area contributed by atoms with Gasteiger partial charge in [-0.15, -0.1) is 0 Å². The predicted octanol–water partition coefficient (Wildman–Crippen LogP) is 2.54. The second-order valence-electron chi connectivity index (χ2n) is 6.48. The lowest BCUT2D eigenvalue weighted by Gasteiger charge is -2.37. The van der Waals surface area contributed by atoms with Crippen molar-refractivity contribution in [2.45, 2.75) is 38.8 Å². The van der Waals surface area contributed by atoms with E-state index in [4.69, 9.17) is 0 Å². The lowest BCUT2D eigenvalue weighted by molar-refractivity contribution is 0.131. The third-order valence-corrected chi connectivity index (χ3v) is 5.03. The Kier molecular flexibility index (Phi) is 4.88. The minimum Gasteiger partial charge on any atom is -0.299 e. The van der Waals surface area contributed by atoms with Gasteiger partial charge in [0.15, 0.2) is 0 Å². The van der Waals surface area contributed by atoms with Gasteiger partial charge in [-0.3, -0.25) is 15.8 Å². The van der Waals surface area contributed by atoms with E-state index in [2.05, 4.69) is 22.7 Å². The molecule has 2 aliphatic heterocycles. The van der Waals surface area contributed by atoms with Crippen LogP contribution in [0.5, 0.6) is 0 Å². The highest BCUT2D eigenvalue weighted by molar-refractivity contribution is 5.16. The fourth-order valence-corrected chi connectivity index (χ4v) is 3.83. The highest BCUT2D eigenvalue weighted by atomic mass is 19.1. The van der Waals surface area contributed by atoms with Crippen LogP contribution >= 0.6 is 0 Å². The molecule has 0 aromatic heterocycles. The zero-order valence-corrected chi connectivity index (χ0v) is 12.8. The van der Waals surface area contributed by atoms with E-state index in [0.29, 0.717) is 6.04 Å². The molecule has 2 saturated heterocycles. The van der Waals surface area contributed by atoms with Crippen LogP contribution in [0.4, 0.5) is 4.39 Å². The average Bonchev–Trinajstić information content (AvgIpc) is 2.98. The normalized spacial score (nSPS) is 30.7. The Hall–Kier alpha value is -0.970. The fraction of sp³-hybridized carbons (Fsp3) is 0.647. The monoisotopic (exact) mass is 291 g/mol. The van der Waals surface area contributed by atoms with Crippen LogP contribution in [0.15, 0.2) is 24.3 Å². The number of nitrogens with zero attached hydrogens (tertiary/aromatic N) is 1. The zero-order chi connectivity index (χ0) is 14.7. The first-order valence-corrected chi connectivity index (χ1v) is 8.21. The average molecular weight is 291 g/mol. The maximum atomic E-state index is 13.0. The molecule has 0 spiro atoms.